The minimum absolute atomic E-state index is 0.0370. The highest BCUT2D eigenvalue weighted by Crippen LogP contribution is 2.37. The Hall–Kier alpha value is -9.40. The number of ketones is 1. The van der Waals surface area contributed by atoms with E-state index in [0.29, 0.717) is 77.9 Å². The standard InChI is InChI=1S/C27H20ClFN4O4.C20H18ClFN2O2.C9H11N3O3/c1-36-21-5-3-4-20(29)23(21)25-19-10-15(28)6-8-17(19)24-14(12-30-25)13-31-27(33-24)32-16-7-9-18(26(34)35)22(11-16)37-2;1-24(2)11-12-10-23-19(18-16(22)5-4-6-17(18)26-3)15-9-13(21)7-8-14(15)20(12)25;1-15-7-4-5(12-9(10)11)2-3-6(7)8(13)14/h3-11,13H,12H2,1-2H3,(H,34,35)(H,31,32,33);4-9,11H,10H2,1-3H3;2-4H,1H3,(H,13,14)(H4,10,11,12)/b;12-11+;. The average molecular weight is 1100 g/mol. The summed E-state index contributed by atoms with van der Waals surface area (Å²) in [7, 11) is 9.38. The van der Waals surface area contributed by atoms with Gasteiger partial charge in [0, 0.05) is 87.7 Å². The van der Waals surface area contributed by atoms with Crippen LogP contribution < -0.4 is 35.7 Å². The largest absolute Gasteiger partial charge is 0.496 e. The first kappa shape index (κ1) is 56.3. The first-order valence-electron chi connectivity index (χ1n) is 23.2. The number of aromatic nitrogens is 2. The molecule has 0 radical (unpaired) electrons. The smallest absolute Gasteiger partial charge is 0.339 e. The van der Waals surface area contributed by atoms with Gasteiger partial charge in [-0.3, -0.25) is 14.8 Å². The minimum atomic E-state index is -1.10. The molecule has 2 aliphatic rings. The van der Waals surface area contributed by atoms with Crippen LogP contribution in [0.2, 0.25) is 10.0 Å². The Kier molecular flexibility index (Phi) is 18.0. The second-order valence-corrected chi connectivity index (χ2v) is 17.8. The number of halogens is 4. The number of carbonyl (C=O) groups is 3. The van der Waals surface area contributed by atoms with Gasteiger partial charge in [-0.15, -0.1) is 0 Å². The number of ether oxygens (including phenoxy) is 4. The molecule has 0 aliphatic carbocycles. The van der Waals surface area contributed by atoms with Crippen LogP contribution in [0.15, 0.2) is 142 Å². The first-order chi connectivity index (χ1) is 37.3. The molecule has 0 fully saturated rings. The van der Waals surface area contributed by atoms with Crippen LogP contribution in [0, 0.1) is 11.6 Å². The van der Waals surface area contributed by atoms with E-state index in [1.807, 2.05) is 20.2 Å². The molecule has 18 nitrogen and oxygen atoms in total. The van der Waals surface area contributed by atoms with E-state index in [2.05, 4.69) is 20.3 Å². The van der Waals surface area contributed by atoms with Gasteiger partial charge in [0.1, 0.15) is 45.8 Å². The quantitative estimate of drug-likeness (QED) is 0.0433. The number of rotatable bonds is 12. The molecule has 0 spiro atoms. The Labute approximate surface area is 456 Å². The van der Waals surface area contributed by atoms with Gasteiger partial charge in [0.05, 0.1) is 75.5 Å². The van der Waals surface area contributed by atoms with Gasteiger partial charge in [0.25, 0.3) is 0 Å². The van der Waals surface area contributed by atoms with Gasteiger partial charge in [-0.25, -0.2) is 33.3 Å². The Balaban J connectivity index is 0.000000187. The third-order valence-electron chi connectivity index (χ3n) is 11.6. The number of nitrogens with zero attached hydrogens (tertiary/aromatic N) is 6. The topological polar surface area (TPSA) is 259 Å². The van der Waals surface area contributed by atoms with E-state index < -0.39 is 23.6 Å². The van der Waals surface area contributed by atoms with Crippen molar-refractivity contribution in [3.8, 4) is 34.3 Å². The molecule has 9 rings (SSSR count). The van der Waals surface area contributed by atoms with Crippen molar-refractivity contribution in [2.75, 3.05) is 54.4 Å². The van der Waals surface area contributed by atoms with Crippen LogP contribution in [0.5, 0.6) is 23.0 Å². The normalized spacial score (nSPS) is 12.6. The van der Waals surface area contributed by atoms with Crippen LogP contribution in [0.4, 0.5) is 26.1 Å². The van der Waals surface area contributed by atoms with E-state index in [4.69, 9.17) is 68.7 Å². The second kappa shape index (κ2) is 25.0. The fraction of sp³-hybridized carbons (Fsp3) is 0.143. The zero-order valence-electron chi connectivity index (χ0n) is 42.6. The SMILES string of the molecule is COc1cc(N=C(N)N)ccc1C(=O)O.COc1cc(Nc2ncc3c(n2)-c2ccc(Cl)cc2C(c2c(F)cccc2OC)=NC3)ccc1C(=O)O.COc1cccc(F)c1C1=NC/C(=C\N(C)C)C(=O)c2ccc(Cl)cc21. The molecule has 22 heteroatoms. The fourth-order valence-electron chi connectivity index (χ4n) is 8.19. The molecule has 3 heterocycles. The number of Topliss-reactive ketones (excluding diaryl/α,β-unsaturated/α-hetero) is 1. The summed E-state index contributed by atoms with van der Waals surface area (Å²) in [4.78, 5) is 59.1. The van der Waals surface area contributed by atoms with Crippen molar-refractivity contribution in [1.29, 1.82) is 0 Å². The van der Waals surface area contributed by atoms with Crippen LogP contribution in [0.1, 0.15) is 58.9 Å². The Morgan fingerprint density at radius 1 is 0.679 bits per heavy atom. The molecule has 0 bridgehead atoms. The van der Waals surface area contributed by atoms with Crippen LogP contribution in [0.25, 0.3) is 11.3 Å². The predicted octanol–water partition coefficient (Wildman–Crippen LogP) is 10.0. The number of carboxylic acid groups (broad SMARTS) is 2. The van der Waals surface area contributed by atoms with Crippen LogP contribution in [-0.4, -0.2) is 109 Å². The molecule has 0 saturated heterocycles. The fourth-order valence-corrected chi connectivity index (χ4v) is 8.53. The van der Waals surface area contributed by atoms with Gasteiger partial charge in [-0.2, -0.15) is 0 Å². The molecule has 0 saturated carbocycles. The Bertz CT molecular complexity index is 3610. The highest BCUT2D eigenvalue weighted by molar-refractivity contribution is 6.33. The summed E-state index contributed by atoms with van der Waals surface area (Å²) in [6.45, 7) is 0.339. The maximum Gasteiger partial charge on any atom is 0.339 e. The van der Waals surface area contributed by atoms with Gasteiger partial charge < -0.3 is 50.8 Å². The number of benzene rings is 6. The number of fused-ring (bicyclic) bond motifs is 4. The summed E-state index contributed by atoms with van der Waals surface area (Å²) in [5.74, 6) is -1.97. The molecule has 7 aromatic rings. The number of guanidine groups is 1. The molecule has 0 atom stereocenters. The van der Waals surface area contributed by atoms with Gasteiger partial charge in [-0.1, -0.05) is 41.4 Å². The second-order valence-electron chi connectivity index (χ2n) is 16.9. The Morgan fingerprint density at radius 3 is 1.74 bits per heavy atom. The van der Waals surface area contributed by atoms with E-state index in [1.165, 1.54) is 64.8 Å². The lowest BCUT2D eigenvalue weighted by molar-refractivity contribution is 0.0682. The highest BCUT2D eigenvalue weighted by atomic mass is 35.5. The summed E-state index contributed by atoms with van der Waals surface area (Å²) in [6, 6.07) is 28.3. The number of aromatic carboxylic acids is 2. The van der Waals surface area contributed by atoms with Gasteiger partial charge >= 0.3 is 11.9 Å². The van der Waals surface area contributed by atoms with Gasteiger partial charge in [0.15, 0.2) is 11.7 Å². The third-order valence-corrected chi connectivity index (χ3v) is 12.1. The predicted molar refractivity (Wildman–Crippen MR) is 294 cm³/mol. The lowest BCUT2D eigenvalue weighted by Gasteiger charge is -2.15. The van der Waals surface area contributed by atoms with Crippen molar-refractivity contribution in [2.45, 2.75) is 6.54 Å². The third kappa shape index (κ3) is 12.8. The number of anilines is 2. The number of nitrogens with one attached hydrogen (secondary N) is 1. The zero-order chi connectivity index (χ0) is 56.4. The summed E-state index contributed by atoms with van der Waals surface area (Å²) in [5, 5.41) is 22.1. The molecule has 0 amide bonds. The number of carbonyl (C=O) groups excluding carboxylic acids is 1. The number of carboxylic acids is 2. The average Bonchev–Trinajstić information content (AvgIpc) is 3.64. The van der Waals surface area contributed by atoms with Crippen molar-refractivity contribution in [1.82, 2.24) is 14.9 Å². The number of hydrogen-bond acceptors (Lipinski definition) is 14. The monoisotopic (exact) mass is 1100 g/mol. The number of methoxy groups -OCH3 is 4. The maximum atomic E-state index is 15.0. The molecule has 0 unspecified atom stereocenters. The molecular weight excluding hydrogens is 1050 g/mol. The van der Waals surface area contributed by atoms with Crippen LogP contribution in [0.3, 0.4) is 0 Å². The van der Waals surface area contributed by atoms with E-state index in [1.54, 1.807) is 84.0 Å². The molecule has 6 aromatic carbocycles. The lowest BCUT2D eigenvalue weighted by atomic mass is 9.93. The number of nitrogens with two attached hydrogens (primary N) is 2. The maximum absolute atomic E-state index is 15.0. The van der Waals surface area contributed by atoms with E-state index in [0.717, 1.165) is 5.56 Å². The minimum Gasteiger partial charge on any atom is -0.496 e. The van der Waals surface area contributed by atoms with Crippen molar-refractivity contribution >= 4 is 75.6 Å². The number of hydrogen-bond donors (Lipinski definition) is 5. The molecular formula is C56H49Cl2F2N9O9. The van der Waals surface area contributed by atoms with Crippen molar-refractivity contribution in [3.05, 3.63) is 193 Å². The van der Waals surface area contributed by atoms with Crippen molar-refractivity contribution in [2.24, 2.45) is 26.4 Å². The first-order valence-corrected chi connectivity index (χ1v) is 23.9. The van der Waals surface area contributed by atoms with Gasteiger partial charge in [0.2, 0.25) is 5.95 Å². The van der Waals surface area contributed by atoms with E-state index in [9.17, 15) is 23.9 Å². The Morgan fingerprint density at radius 2 is 1.21 bits per heavy atom. The number of aliphatic imine (C=N–C) groups is 3. The molecule has 7 N–H and O–H groups in total. The molecule has 2 aliphatic heterocycles. The summed E-state index contributed by atoms with van der Waals surface area (Å²) in [6.07, 6.45) is 3.38. The van der Waals surface area contributed by atoms with E-state index in [-0.39, 0.29) is 64.5 Å². The molecule has 400 valence electrons. The highest BCUT2D eigenvalue weighted by Gasteiger charge is 2.29. The van der Waals surface area contributed by atoms with E-state index >= 15 is 4.39 Å². The van der Waals surface area contributed by atoms with Crippen LogP contribution in [-0.2, 0) is 6.54 Å². The molecule has 1 aromatic heterocycles. The molecule has 78 heavy (non-hydrogen) atoms. The van der Waals surface area contributed by atoms with Crippen molar-refractivity contribution in [3.63, 3.8) is 0 Å². The lowest BCUT2D eigenvalue weighted by Crippen LogP contribution is -2.21. The summed E-state index contributed by atoms with van der Waals surface area (Å²) in [5.41, 5.74) is 16.7. The van der Waals surface area contributed by atoms with Crippen molar-refractivity contribution < 1.29 is 52.3 Å². The summed E-state index contributed by atoms with van der Waals surface area (Å²) >= 11 is 12.5. The van der Waals surface area contributed by atoms with Gasteiger partial charge in [-0.05, 0) is 78.9 Å². The van der Waals surface area contributed by atoms with Crippen LogP contribution >= 0.6 is 23.2 Å². The summed E-state index contributed by atoms with van der Waals surface area (Å²) < 4.78 is 50.5. The zero-order valence-corrected chi connectivity index (χ0v) is 44.1.